The molecule has 0 saturated carbocycles. The Morgan fingerprint density at radius 1 is 1.29 bits per heavy atom. The van der Waals surface area contributed by atoms with Crippen LogP contribution in [0.5, 0.6) is 0 Å². The van der Waals surface area contributed by atoms with Crippen molar-refractivity contribution in [1.29, 1.82) is 0 Å². The highest BCUT2D eigenvalue weighted by atomic mass is 19.3. The van der Waals surface area contributed by atoms with Crippen LogP contribution in [0.25, 0.3) is 0 Å². The zero-order chi connectivity index (χ0) is 14.2. The standard InChI is InChI=1S/C6H6F4O2.C3H4O2/c1-3(4(11)12)2-6(9,10)5(7)8;1-2-3(4)5/h5H,1-2H2,(H,11,12);2H,1H2,(H,4,5). The fourth-order valence-corrected chi connectivity index (χ4v) is 0.437. The van der Waals surface area contributed by atoms with E-state index in [1.165, 1.54) is 0 Å². The molecule has 0 fully saturated rings. The van der Waals surface area contributed by atoms with E-state index in [1.54, 1.807) is 0 Å². The molecule has 0 aliphatic carbocycles. The lowest BCUT2D eigenvalue weighted by Crippen LogP contribution is -2.28. The Bertz CT molecular complexity index is 312. The van der Waals surface area contributed by atoms with Gasteiger partial charge in [-0.25, -0.2) is 18.4 Å². The number of rotatable bonds is 5. The van der Waals surface area contributed by atoms with Gasteiger partial charge in [0.2, 0.25) is 0 Å². The van der Waals surface area contributed by atoms with E-state index in [0.717, 1.165) is 6.08 Å². The molecular weight excluding hydrogens is 248 g/mol. The molecule has 0 aliphatic heterocycles. The highest BCUT2D eigenvalue weighted by Gasteiger charge is 2.41. The molecule has 8 heteroatoms. The Labute approximate surface area is 93.9 Å². The number of hydrogen-bond acceptors (Lipinski definition) is 2. The lowest BCUT2D eigenvalue weighted by molar-refractivity contribution is -0.140. The van der Waals surface area contributed by atoms with E-state index in [4.69, 9.17) is 10.2 Å². The summed E-state index contributed by atoms with van der Waals surface area (Å²) in [5.74, 6) is -6.99. The minimum Gasteiger partial charge on any atom is -0.478 e. The van der Waals surface area contributed by atoms with Gasteiger partial charge in [0.1, 0.15) is 0 Å². The quantitative estimate of drug-likeness (QED) is 0.585. The average Bonchev–Trinajstić information content (AvgIpc) is 2.17. The van der Waals surface area contributed by atoms with Crippen molar-refractivity contribution in [2.45, 2.75) is 18.8 Å². The van der Waals surface area contributed by atoms with Crippen molar-refractivity contribution >= 4 is 11.9 Å². The van der Waals surface area contributed by atoms with Crippen LogP contribution in [-0.2, 0) is 9.59 Å². The summed E-state index contributed by atoms with van der Waals surface area (Å²) < 4.78 is 47.1. The van der Waals surface area contributed by atoms with Crippen molar-refractivity contribution in [1.82, 2.24) is 0 Å². The summed E-state index contributed by atoms with van der Waals surface area (Å²) in [4.78, 5) is 19.2. The summed E-state index contributed by atoms with van der Waals surface area (Å²) >= 11 is 0. The predicted molar refractivity (Wildman–Crippen MR) is 50.2 cm³/mol. The maximum absolute atomic E-state index is 12.1. The maximum Gasteiger partial charge on any atom is 0.331 e. The second-order valence-corrected chi connectivity index (χ2v) is 2.69. The number of alkyl halides is 4. The Hall–Kier alpha value is -1.86. The largest absolute Gasteiger partial charge is 0.478 e. The summed E-state index contributed by atoms with van der Waals surface area (Å²) in [6.45, 7) is 5.67. The summed E-state index contributed by atoms with van der Waals surface area (Å²) in [6.07, 6.45) is -4.56. The van der Waals surface area contributed by atoms with Crippen LogP contribution in [0.1, 0.15) is 6.42 Å². The third-order valence-corrected chi connectivity index (χ3v) is 1.25. The van der Waals surface area contributed by atoms with Crippen molar-refractivity contribution in [3.05, 3.63) is 24.8 Å². The van der Waals surface area contributed by atoms with Gasteiger partial charge < -0.3 is 10.2 Å². The van der Waals surface area contributed by atoms with Crippen LogP contribution < -0.4 is 0 Å². The van der Waals surface area contributed by atoms with E-state index in [-0.39, 0.29) is 0 Å². The minimum atomic E-state index is -4.31. The van der Waals surface area contributed by atoms with Crippen LogP contribution >= 0.6 is 0 Å². The van der Waals surface area contributed by atoms with Crippen molar-refractivity contribution < 1.29 is 37.4 Å². The fourth-order valence-electron chi connectivity index (χ4n) is 0.437. The van der Waals surface area contributed by atoms with Gasteiger partial charge in [0.05, 0.1) is 0 Å². The molecule has 0 aromatic rings. The molecule has 17 heavy (non-hydrogen) atoms. The zero-order valence-electron chi connectivity index (χ0n) is 8.50. The number of carboxylic acids is 2. The number of carbonyl (C=O) groups is 2. The smallest absolute Gasteiger partial charge is 0.331 e. The van der Waals surface area contributed by atoms with Gasteiger partial charge in [-0.2, -0.15) is 8.78 Å². The topological polar surface area (TPSA) is 74.6 Å². The van der Waals surface area contributed by atoms with Gasteiger partial charge in [-0.1, -0.05) is 13.2 Å². The first-order chi connectivity index (χ1) is 7.54. The van der Waals surface area contributed by atoms with E-state index in [9.17, 15) is 27.2 Å². The van der Waals surface area contributed by atoms with Gasteiger partial charge in [-0.05, 0) is 0 Å². The molecule has 0 saturated heterocycles. The molecule has 0 radical (unpaired) electrons. The second-order valence-electron chi connectivity index (χ2n) is 2.69. The van der Waals surface area contributed by atoms with Crippen molar-refractivity contribution in [2.24, 2.45) is 0 Å². The number of hydrogen-bond donors (Lipinski definition) is 2. The fraction of sp³-hybridized carbons (Fsp3) is 0.333. The Morgan fingerprint density at radius 3 is 1.82 bits per heavy atom. The molecule has 0 spiro atoms. The van der Waals surface area contributed by atoms with Crippen LogP contribution in [0.3, 0.4) is 0 Å². The summed E-state index contributed by atoms with van der Waals surface area (Å²) in [5, 5.41) is 15.7. The monoisotopic (exact) mass is 258 g/mol. The van der Waals surface area contributed by atoms with Crippen molar-refractivity contribution in [3.63, 3.8) is 0 Å². The van der Waals surface area contributed by atoms with Crippen LogP contribution in [0.15, 0.2) is 24.8 Å². The molecule has 0 aliphatic rings. The SMILES string of the molecule is C=C(CC(F)(F)C(F)F)C(=O)O.C=CC(=O)O. The highest BCUT2D eigenvalue weighted by molar-refractivity contribution is 5.85. The molecule has 0 amide bonds. The molecule has 0 aromatic heterocycles. The lowest BCUT2D eigenvalue weighted by Gasteiger charge is -2.14. The molecule has 0 bridgehead atoms. The molecule has 0 atom stereocenters. The number of halogens is 4. The third-order valence-electron chi connectivity index (χ3n) is 1.25. The van der Waals surface area contributed by atoms with E-state index in [0.29, 0.717) is 0 Å². The molecule has 98 valence electrons. The molecule has 0 heterocycles. The van der Waals surface area contributed by atoms with E-state index in [2.05, 4.69) is 13.2 Å². The van der Waals surface area contributed by atoms with Crippen LogP contribution in [0.4, 0.5) is 17.6 Å². The molecular formula is C9H10F4O4. The van der Waals surface area contributed by atoms with Gasteiger partial charge >= 0.3 is 24.3 Å². The summed E-state index contributed by atoms with van der Waals surface area (Å²) in [7, 11) is 0. The first kappa shape index (κ1) is 17.5. The second kappa shape index (κ2) is 7.42. The minimum absolute atomic E-state index is 0.833. The van der Waals surface area contributed by atoms with E-state index < -0.39 is 36.3 Å². The van der Waals surface area contributed by atoms with Crippen LogP contribution in [0.2, 0.25) is 0 Å². The van der Waals surface area contributed by atoms with Gasteiger partial charge in [0.15, 0.2) is 0 Å². The van der Waals surface area contributed by atoms with E-state index in [1.807, 2.05) is 0 Å². The highest BCUT2D eigenvalue weighted by Crippen LogP contribution is 2.29. The maximum atomic E-state index is 12.1. The molecule has 2 N–H and O–H groups in total. The summed E-state index contributed by atoms with van der Waals surface area (Å²) in [5.41, 5.74) is -0.930. The van der Waals surface area contributed by atoms with Gasteiger partial charge in [-0.15, -0.1) is 0 Å². The van der Waals surface area contributed by atoms with Crippen molar-refractivity contribution in [3.8, 4) is 0 Å². The zero-order valence-corrected chi connectivity index (χ0v) is 8.50. The Morgan fingerprint density at radius 2 is 1.65 bits per heavy atom. The predicted octanol–water partition coefficient (Wildman–Crippen LogP) is 2.17. The normalized spacial score (nSPS) is 10.2. The number of aliphatic carboxylic acids is 2. The lowest BCUT2D eigenvalue weighted by atomic mass is 10.1. The Balaban J connectivity index is 0. The molecule has 4 nitrogen and oxygen atoms in total. The molecule has 0 unspecified atom stereocenters. The first-order valence-corrected chi connectivity index (χ1v) is 3.97. The average molecular weight is 258 g/mol. The van der Waals surface area contributed by atoms with Gasteiger partial charge in [0, 0.05) is 18.1 Å². The molecule has 0 aromatic carbocycles. The van der Waals surface area contributed by atoms with Gasteiger partial charge in [0.25, 0.3) is 0 Å². The van der Waals surface area contributed by atoms with Crippen LogP contribution in [0, 0.1) is 0 Å². The van der Waals surface area contributed by atoms with Crippen LogP contribution in [-0.4, -0.2) is 34.5 Å². The van der Waals surface area contributed by atoms with E-state index >= 15 is 0 Å². The molecule has 0 rings (SSSR count). The van der Waals surface area contributed by atoms with Crippen molar-refractivity contribution in [2.75, 3.05) is 0 Å². The summed E-state index contributed by atoms with van der Waals surface area (Å²) in [6, 6.07) is 0. The first-order valence-electron chi connectivity index (χ1n) is 3.97. The van der Waals surface area contributed by atoms with Gasteiger partial charge in [-0.3, -0.25) is 0 Å². The number of carboxylic acid groups (broad SMARTS) is 2. The Kier molecular flexibility index (Phi) is 7.65. The third kappa shape index (κ3) is 9.09.